The van der Waals surface area contributed by atoms with Crippen LogP contribution >= 0.6 is 0 Å². The Hall–Kier alpha value is -3.55. The number of fused-ring (bicyclic) bond motifs is 1. The quantitative estimate of drug-likeness (QED) is 0.435. The number of aryl methyl sites for hydroxylation is 1. The van der Waals surface area contributed by atoms with E-state index in [1.54, 1.807) is 37.4 Å². The van der Waals surface area contributed by atoms with E-state index in [-0.39, 0.29) is 31.1 Å². The monoisotopic (exact) mass is 381 g/mol. The molecule has 144 valence electrons. The van der Waals surface area contributed by atoms with Crippen molar-refractivity contribution < 1.29 is 19.3 Å². The van der Waals surface area contributed by atoms with E-state index in [1.165, 1.54) is 17.0 Å². The largest absolute Gasteiger partial charge is 0.341 e. The standard InChI is InChI=1S/C20H19N3O5/c1-13-6-7-16-17(10-13)20(26)22(19(16)25)9-8-18(24)21(2)12-14-4-3-5-15(11-14)23(27)28/h3-7,10-11H,8-9,12H2,1-2H3. The van der Waals surface area contributed by atoms with Crippen LogP contribution in [0.4, 0.5) is 5.69 Å². The third-order valence-electron chi connectivity index (χ3n) is 4.64. The first-order valence-electron chi connectivity index (χ1n) is 8.72. The van der Waals surface area contributed by atoms with Crippen LogP contribution in [0.15, 0.2) is 42.5 Å². The summed E-state index contributed by atoms with van der Waals surface area (Å²) in [7, 11) is 1.58. The normalized spacial score (nSPS) is 12.9. The zero-order valence-corrected chi connectivity index (χ0v) is 15.5. The summed E-state index contributed by atoms with van der Waals surface area (Å²) in [6, 6.07) is 11.1. The number of nitrogens with zero attached hydrogens (tertiary/aromatic N) is 3. The van der Waals surface area contributed by atoms with Crippen LogP contribution in [0.3, 0.4) is 0 Å². The highest BCUT2D eigenvalue weighted by molar-refractivity contribution is 6.21. The molecular weight excluding hydrogens is 362 g/mol. The Morgan fingerprint density at radius 3 is 2.54 bits per heavy atom. The number of carbonyl (C=O) groups is 3. The van der Waals surface area contributed by atoms with Crippen molar-refractivity contribution in [1.82, 2.24) is 9.80 Å². The van der Waals surface area contributed by atoms with Crippen molar-refractivity contribution in [2.24, 2.45) is 0 Å². The number of carbonyl (C=O) groups excluding carboxylic acids is 3. The topological polar surface area (TPSA) is 101 Å². The average molecular weight is 381 g/mol. The first-order chi connectivity index (χ1) is 13.3. The summed E-state index contributed by atoms with van der Waals surface area (Å²) in [5.74, 6) is -1.05. The second kappa shape index (κ2) is 7.59. The molecule has 8 heteroatoms. The van der Waals surface area contributed by atoms with Gasteiger partial charge in [0.15, 0.2) is 0 Å². The van der Waals surface area contributed by atoms with E-state index in [2.05, 4.69) is 0 Å². The van der Waals surface area contributed by atoms with E-state index in [0.29, 0.717) is 16.7 Å². The van der Waals surface area contributed by atoms with Crippen molar-refractivity contribution in [2.75, 3.05) is 13.6 Å². The minimum atomic E-state index is -0.491. The summed E-state index contributed by atoms with van der Waals surface area (Å²) in [4.78, 5) is 50.1. The summed E-state index contributed by atoms with van der Waals surface area (Å²) >= 11 is 0. The summed E-state index contributed by atoms with van der Waals surface area (Å²) < 4.78 is 0. The van der Waals surface area contributed by atoms with E-state index in [0.717, 1.165) is 10.5 Å². The maximum Gasteiger partial charge on any atom is 0.269 e. The molecule has 2 aromatic carbocycles. The third-order valence-corrected chi connectivity index (χ3v) is 4.64. The molecule has 28 heavy (non-hydrogen) atoms. The van der Waals surface area contributed by atoms with E-state index in [4.69, 9.17) is 0 Å². The predicted molar refractivity (Wildman–Crippen MR) is 101 cm³/mol. The van der Waals surface area contributed by atoms with Crippen molar-refractivity contribution in [3.63, 3.8) is 0 Å². The molecule has 0 fully saturated rings. The Morgan fingerprint density at radius 1 is 1.11 bits per heavy atom. The lowest BCUT2D eigenvalue weighted by atomic mass is 10.1. The maximum absolute atomic E-state index is 12.5. The van der Waals surface area contributed by atoms with Gasteiger partial charge >= 0.3 is 0 Å². The van der Waals surface area contributed by atoms with Crippen molar-refractivity contribution in [3.05, 3.63) is 74.8 Å². The van der Waals surface area contributed by atoms with Gasteiger partial charge in [0, 0.05) is 38.7 Å². The molecule has 0 saturated carbocycles. The van der Waals surface area contributed by atoms with Gasteiger partial charge in [-0.2, -0.15) is 0 Å². The minimum Gasteiger partial charge on any atom is -0.341 e. The van der Waals surface area contributed by atoms with Gasteiger partial charge in [0.25, 0.3) is 17.5 Å². The van der Waals surface area contributed by atoms with Crippen LogP contribution in [0, 0.1) is 17.0 Å². The molecule has 0 unspecified atom stereocenters. The van der Waals surface area contributed by atoms with E-state index < -0.39 is 16.7 Å². The van der Waals surface area contributed by atoms with Gasteiger partial charge < -0.3 is 4.90 Å². The van der Waals surface area contributed by atoms with Gasteiger partial charge in [-0.25, -0.2) is 0 Å². The molecule has 0 radical (unpaired) electrons. The zero-order chi connectivity index (χ0) is 20.4. The number of hydrogen-bond acceptors (Lipinski definition) is 5. The number of non-ortho nitro benzene ring substituents is 1. The van der Waals surface area contributed by atoms with Crippen molar-refractivity contribution in [3.8, 4) is 0 Å². The molecule has 1 aliphatic rings. The molecule has 0 aromatic heterocycles. The number of nitro groups is 1. The molecule has 1 aliphatic heterocycles. The summed E-state index contributed by atoms with van der Waals surface area (Å²) in [6.07, 6.45) is -0.0180. The van der Waals surface area contributed by atoms with Gasteiger partial charge in [-0.1, -0.05) is 23.8 Å². The van der Waals surface area contributed by atoms with Gasteiger partial charge in [-0.05, 0) is 24.6 Å². The van der Waals surface area contributed by atoms with Crippen LogP contribution in [0.1, 0.15) is 38.3 Å². The molecule has 3 rings (SSSR count). The Labute approximate surface area is 161 Å². The number of hydrogen-bond donors (Lipinski definition) is 0. The van der Waals surface area contributed by atoms with Crippen molar-refractivity contribution >= 4 is 23.4 Å². The summed E-state index contributed by atoms with van der Waals surface area (Å²) in [5, 5.41) is 10.9. The molecule has 0 spiro atoms. The summed E-state index contributed by atoms with van der Waals surface area (Å²) in [6.45, 7) is 2.03. The number of benzene rings is 2. The lowest BCUT2D eigenvalue weighted by molar-refractivity contribution is -0.384. The number of amides is 3. The predicted octanol–water partition coefficient (Wildman–Crippen LogP) is 2.55. The highest BCUT2D eigenvalue weighted by Gasteiger charge is 2.35. The van der Waals surface area contributed by atoms with E-state index in [1.807, 2.05) is 6.92 Å². The molecular formula is C20H19N3O5. The summed E-state index contributed by atoms with van der Waals surface area (Å²) in [5.41, 5.74) is 2.19. The number of rotatable bonds is 6. The Bertz CT molecular complexity index is 986. The van der Waals surface area contributed by atoms with Crippen molar-refractivity contribution in [1.29, 1.82) is 0 Å². The fraction of sp³-hybridized carbons (Fsp3) is 0.250. The Morgan fingerprint density at radius 2 is 1.82 bits per heavy atom. The fourth-order valence-electron chi connectivity index (χ4n) is 3.14. The van der Waals surface area contributed by atoms with Crippen LogP contribution < -0.4 is 0 Å². The molecule has 8 nitrogen and oxygen atoms in total. The van der Waals surface area contributed by atoms with Crippen LogP contribution in [0.5, 0.6) is 0 Å². The SMILES string of the molecule is Cc1ccc2c(c1)C(=O)N(CCC(=O)N(C)Cc1cccc([N+](=O)[O-])c1)C2=O. The van der Waals surface area contributed by atoms with Crippen LogP contribution in [0.2, 0.25) is 0 Å². The molecule has 0 saturated heterocycles. The number of imide groups is 1. The highest BCUT2D eigenvalue weighted by Crippen LogP contribution is 2.24. The van der Waals surface area contributed by atoms with Gasteiger partial charge in [0.05, 0.1) is 16.1 Å². The average Bonchev–Trinajstić information content (AvgIpc) is 2.89. The van der Waals surface area contributed by atoms with Gasteiger partial charge in [0.2, 0.25) is 5.91 Å². The number of nitro benzene ring substituents is 1. The van der Waals surface area contributed by atoms with E-state index in [9.17, 15) is 24.5 Å². The van der Waals surface area contributed by atoms with Crippen LogP contribution in [-0.2, 0) is 11.3 Å². The van der Waals surface area contributed by atoms with Crippen LogP contribution in [-0.4, -0.2) is 46.0 Å². The maximum atomic E-state index is 12.5. The first kappa shape index (κ1) is 19.2. The molecule has 0 bridgehead atoms. The smallest absolute Gasteiger partial charge is 0.269 e. The third kappa shape index (κ3) is 3.75. The van der Waals surface area contributed by atoms with Gasteiger partial charge in [-0.3, -0.25) is 29.4 Å². The molecule has 0 atom stereocenters. The Balaban J connectivity index is 1.61. The minimum absolute atomic E-state index is 0.0104. The van der Waals surface area contributed by atoms with Crippen molar-refractivity contribution in [2.45, 2.75) is 19.9 Å². The molecule has 2 aromatic rings. The Kier molecular flexibility index (Phi) is 5.21. The second-order valence-corrected chi connectivity index (χ2v) is 6.74. The highest BCUT2D eigenvalue weighted by atomic mass is 16.6. The van der Waals surface area contributed by atoms with Gasteiger partial charge in [0.1, 0.15) is 0 Å². The van der Waals surface area contributed by atoms with Gasteiger partial charge in [-0.15, -0.1) is 0 Å². The molecule has 0 N–H and O–H groups in total. The second-order valence-electron chi connectivity index (χ2n) is 6.74. The van der Waals surface area contributed by atoms with Crippen LogP contribution in [0.25, 0.3) is 0 Å². The lowest BCUT2D eigenvalue weighted by Crippen LogP contribution is -2.35. The fourth-order valence-corrected chi connectivity index (χ4v) is 3.14. The molecule has 1 heterocycles. The zero-order valence-electron chi connectivity index (χ0n) is 15.5. The lowest BCUT2D eigenvalue weighted by Gasteiger charge is -2.19. The molecule has 3 amide bonds. The van der Waals surface area contributed by atoms with E-state index >= 15 is 0 Å². The first-order valence-corrected chi connectivity index (χ1v) is 8.72. The molecule has 0 aliphatic carbocycles.